The van der Waals surface area contributed by atoms with Crippen LogP contribution in [-0.4, -0.2) is 22.5 Å². The van der Waals surface area contributed by atoms with Crippen molar-refractivity contribution in [3.8, 4) is 5.75 Å². The largest absolute Gasteiger partial charge is 0.482 e. The number of halogens is 2. The zero-order valence-electron chi connectivity index (χ0n) is 14.3. The third-order valence-corrected chi connectivity index (χ3v) is 4.73. The molecule has 0 bridgehead atoms. The number of amides is 1. The summed E-state index contributed by atoms with van der Waals surface area (Å²) in [7, 11) is 0. The van der Waals surface area contributed by atoms with Crippen LogP contribution in [0.3, 0.4) is 0 Å². The van der Waals surface area contributed by atoms with Gasteiger partial charge >= 0.3 is 0 Å². The number of hydrogen-bond acceptors (Lipinski definition) is 5. The number of hydrogen-bond donors (Lipinski definition) is 2. The van der Waals surface area contributed by atoms with Gasteiger partial charge in [0.2, 0.25) is 0 Å². The summed E-state index contributed by atoms with van der Waals surface area (Å²) in [6.07, 6.45) is 0. The highest BCUT2D eigenvalue weighted by atomic mass is 79.9. The predicted octanol–water partition coefficient (Wildman–Crippen LogP) is 4.63. The maximum Gasteiger partial charge on any atom is 0.271 e. The van der Waals surface area contributed by atoms with Crippen molar-refractivity contribution in [3.05, 3.63) is 60.5 Å². The Morgan fingerprint density at radius 3 is 2.56 bits per heavy atom. The van der Waals surface area contributed by atoms with Gasteiger partial charge in [-0.05, 0) is 65.3 Å². The van der Waals surface area contributed by atoms with Gasteiger partial charge in [0.25, 0.3) is 11.6 Å². The Morgan fingerprint density at radius 2 is 1.93 bits per heavy atom. The van der Waals surface area contributed by atoms with Crippen molar-refractivity contribution in [1.82, 2.24) is 5.32 Å². The van der Waals surface area contributed by atoms with Crippen molar-refractivity contribution < 1.29 is 14.5 Å². The molecule has 27 heavy (non-hydrogen) atoms. The van der Waals surface area contributed by atoms with E-state index in [-0.39, 0.29) is 17.4 Å². The third-order valence-electron chi connectivity index (χ3n) is 3.47. The second-order valence-corrected chi connectivity index (χ2v) is 7.76. The Hall–Kier alpha value is -2.04. The zero-order chi connectivity index (χ0) is 20.1. The lowest BCUT2D eigenvalue weighted by molar-refractivity contribution is -0.384. The number of nitrogens with zero attached hydrogens (tertiary/aromatic N) is 1. The third kappa shape index (κ3) is 5.98. The van der Waals surface area contributed by atoms with Crippen LogP contribution in [0.5, 0.6) is 5.75 Å². The van der Waals surface area contributed by atoms with Crippen LogP contribution in [0.25, 0.3) is 0 Å². The van der Waals surface area contributed by atoms with Crippen LogP contribution in [0, 0.1) is 24.0 Å². The Bertz CT molecular complexity index is 898. The molecule has 0 aliphatic carbocycles. The number of nitro groups is 1. The van der Waals surface area contributed by atoms with E-state index in [9.17, 15) is 14.9 Å². The average Bonchev–Trinajstić information content (AvgIpc) is 2.55. The molecule has 0 heterocycles. The smallest absolute Gasteiger partial charge is 0.271 e. The van der Waals surface area contributed by atoms with E-state index in [0.717, 1.165) is 20.1 Å². The molecule has 0 aliphatic heterocycles. The molecule has 10 heteroatoms. The van der Waals surface area contributed by atoms with Crippen LogP contribution < -0.4 is 15.4 Å². The minimum atomic E-state index is -0.501. The second kappa shape index (κ2) is 9.25. The summed E-state index contributed by atoms with van der Waals surface area (Å²) < 4.78 is 7.16. The lowest BCUT2D eigenvalue weighted by Gasteiger charge is -2.13. The number of thiocarbonyl (C=S) groups is 1. The maximum absolute atomic E-state index is 12.1. The summed E-state index contributed by atoms with van der Waals surface area (Å²) in [6.45, 7) is 3.39. The quantitative estimate of drug-likeness (QED) is 0.342. The molecule has 7 nitrogen and oxygen atoms in total. The highest BCUT2D eigenvalue weighted by molar-refractivity contribution is 9.11. The monoisotopic (exact) mass is 515 g/mol. The van der Waals surface area contributed by atoms with Crippen LogP contribution >= 0.6 is 44.1 Å². The molecule has 0 aliphatic rings. The van der Waals surface area contributed by atoms with Crippen LogP contribution in [-0.2, 0) is 4.79 Å². The van der Waals surface area contributed by atoms with E-state index in [2.05, 4.69) is 42.5 Å². The molecule has 0 aromatic heterocycles. The van der Waals surface area contributed by atoms with Gasteiger partial charge in [-0.1, -0.05) is 22.0 Å². The van der Waals surface area contributed by atoms with E-state index in [1.165, 1.54) is 12.1 Å². The first kappa shape index (κ1) is 21.3. The first-order valence-electron chi connectivity index (χ1n) is 7.61. The molecule has 1 amide bonds. The summed E-state index contributed by atoms with van der Waals surface area (Å²) in [6, 6.07) is 8.04. The van der Waals surface area contributed by atoms with Crippen molar-refractivity contribution >= 4 is 66.5 Å². The van der Waals surface area contributed by atoms with Crippen LogP contribution in [0.1, 0.15) is 11.1 Å². The second-order valence-electron chi connectivity index (χ2n) is 5.58. The lowest BCUT2D eigenvalue weighted by atomic mass is 10.2. The number of carbonyl (C=O) groups is 1. The minimum Gasteiger partial charge on any atom is -0.482 e. The molecule has 0 saturated heterocycles. The first-order valence-corrected chi connectivity index (χ1v) is 9.61. The molecule has 0 radical (unpaired) electrons. The van der Waals surface area contributed by atoms with Gasteiger partial charge in [0.1, 0.15) is 5.75 Å². The molecule has 142 valence electrons. The zero-order valence-corrected chi connectivity index (χ0v) is 18.3. The molecular weight excluding hydrogens is 502 g/mol. The first-order chi connectivity index (χ1) is 12.7. The van der Waals surface area contributed by atoms with E-state index in [1.54, 1.807) is 13.0 Å². The van der Waals surface area contributed by atoms with E-state index < -0.39 is 10.8 Å². The molecule has 0 unspecified atom stereocenters. The van der Waals surface area contributed by atoms with Gasteiger partial charge in [-0.2, -0.15) is 0 Å². The lowest BCUT2D eigenvalue weighted by Crippen LogP contribution is -2.37. The number of ether oxygens (including phenoxy) is 1. The number of benzene rings is 2. The number of rotatable bonds is 5. The van der Waals surface area contributed by atoms with Crippen LogP contribution in [0.2, 0.25) is 0 Å². The fourth-order valence-corrected chi connectivity index (χ4v) is 3.96. The van der Waals surface area contributed by atoms with E-state index >= 15 is 0 Å². The van der Waals surface area contributed by atoms with Gasteiger partial charge in [0.15, 0.2) is 11.7 Å². The van der Waals surface area contributed by atoms with Crippen molar-refractivity contribution in [1.29, 1.82) is 0 Å². The molecule has 0 atom stereocenters. The molecule has 2 aromatic carbocycles. The van der Waals surface area contributed by atoms with Gasteiger partial charge in [-0.3, -0.25) is 20.2 Å². The highest BCUT2D eigenvalue weighted by Gasteiger charge is 2.13. The number of carbonyl (C=O) groups excluding carboxylic acids is 1. The molecular formula is C17H15Br2N3O4S. The fourth-order valence-electron chi connectivity index (χ4n) is 2.18. The molecule has 0 spiro atoms. The van der Waals surface area contributed by atoms with E-state index in [1.807, 2.05) is 19.1 Å². The summed E-state index contributed by atoms with van der Waals surface area (Å²) in [5.41, 5.74) is 1.98. The van der Waals surface area contributed by atoms with Crippen LogP contribution in [0.15, 0.2) is 39.3 Å². The number of anilines is 1. The molecule has 2 N–H and O–H groups in total. The van der Waals surface area contributed by atoms with Gasteiger partial charge < -0.3 is 10.1 Å². The van der Waals surface area contributed by atoms with Crippen LogP contribution in [0.4, 0.5) is 11.4 Å². The topological polar surface area (TPSA) is 93.5 Å². The summed E-state index contributed by atoms with van der Waals surface area (Å²) >= 11 is 11.9. The molecule has 0 fully saturated rings. The Morgan fingerprint density at radius 1 is 1.22 bits per heavy atom. The Balaban J connectivity index is 1.96. The average molecular weight is 517 g/mol. The van der Waals surface area contributed by atoms with Gasteiger partial charge in [-0.15, -0.1) is 0 Å². The maximum atomic E-state index is 12.1. The molecule has 0 saturated carbocycles. The standard InChI is InChI=1S/C17H15Br2N3O4S/c1-9-3-4-12(22(24)25)7-14(9)20-17(27)21-15(23)8-26-16-10(2)5-11(18)6-13(16)19/h3-7H,8H2,1-2H3,(H2,20,21,23,27). The van der Waals surface area contributed by atoms with Crippen molar-refractivity contribution in [2.75, 3.05) is 11.9 Å². The number of aryl methyl sites for hydroxylation is 2. The fraction of sp³-hybridized carbons (Fsp3) is 0.176. The van der Waals surface area contributed by atoms with Crippen molar-refractivity contribution in [2.24, 2.45) is 0 Å². The summed E-state index contributed by atoms with van der Waals surface area (Å²) in [5, 5.41) is 16.2. The van der Waals surface area contributed by atoms with Gasteiger partial charge in [-0.25, -0.2) is 0 Å². The Kier molecular flexibility index (Phi) is 7.28. The number of nitrogens with one attached hydrogen (secondary N) is 2. The van der Waals surface area contributed by atoms with E-state index in [4.69, 9.17) is 17.0 Å². The van der Waals surface area contributed by atoms with Gasteiger partial charge in [0, 0.05) is 22.3 Å². The van der Waals surface area contributed by atoms with Crippen molar-refractivity contribution in [3.63, 3.8) is 0 Å². The minimum absolute atomic E-state index is 0.0267. The predicted molar refractivity (Wildman–Crippen MR) is 114 cm³/mol. The van der Waals surface area contributed by atoms with E-state index in [0.29, 0.717) is 11.4 Å². The summed E-state index contributed by atoms with van der Waals surface area (Å²) in [4.78, 5) is 22.4. The van der Waals surface area contributed by atoms with Gasteiger partial charge in [0.05, 0.1) is 9.40 Å². The number of nitro benzene ring substituents is 1. The normalized spacial score (nSPS) is 10.2. The Labute approximate surface area is 177 Å². The highest BCUT2D eigenvalue weighted by Crippen LogP contribution is 2.32. The SMILES string of the molecule is Cc1ccc([N+](=O)[O-])cc1NC(=S)NC(=O)COc1c(C)cc(Br)cc1Br. The molecule has 2 aromatic rings. The molecule has 2 rings (SSSR count). The number of non-ortho nitro benzene ring substituents is 1. The summed E-state index contributed by atoms with van der Waals surface area (Å²) in [5.74, 6) is 0.103. The van der Waals surface area contributed by atoms with Crippen molar-refractivity contribution in [2.45, 2.75) is 13.8 Å².